The normalized spacial score (nSPS) is 11.4. The molecule has 5 nitrogen and oxygen atoms in total. The Morgan fingerprint density at radius 3 is 2.29 bits per heavy atom. The van der Waals surface area contributed by atoms with Crippen molar-refractivity contribution in [2.24, 2.45) is 0 Å². The first-order valence-electron chi connectivity index (χ1n) is 5.83. The van der Waals surface area contributed by atoms with Gasteiger partial charge in [0.2, 0.25) is 11.9 Å². The summed E-state index contributed by atoms with van der Waals surface area (Å²) in [5, 5.41) is 7.16. The molecule has 96 valence electrons. The van der Waals surface area contributed by atoms with Crippen LogP contribution in [0.3, 0.4) is 0 Å². The molecule has 1 rings (SSSR count). The summed E-state index contributed by atoms with van der Waals surface area (Å²) in [4.78, 5) is 13.0. The first kappa shape index (κ1) is 14.0. The van der Waals surface area contributed by atoms with Crippen molar-refractivity contribution in [2.75, 3.05) is 23.4 Å². The van der Waals surface area contributed by atoms with Crippen LogP contribution in [0.5, 0.6) is 0 Å². The van der Waals surface area contributed by atoms with Crippen molar-refractivity contribution < 1.29 is 0 Å². The largest absolute Gasteiger partial charge is 0.354 e. The highest BCUT2D eigenvalue weighted by Gasteiger charge is 2.17. The Bertz CT molecular complexity index is 367. The van der Waals surface area contributed by atoms with Crippen LogP contribution in [0.2, 0.25) is 0 Å². The minimum Gasteiger partial charge on any atom is -0.354 e. The maximum atomic E-state index is 4.36. The van der Waals surface area contributed by atoms with Gasteiger partial charge in [-0.05, 0) is 33.4 Å². The molecule has 6 heteroatoms. The average Bonchev–Trinajstić information content (AvgIpc) is 2.28. The predicted molar refractivity (Wildman–Crippen MR) is 73.8 cm³/mol. The minimum absolute atomic E-state index is 0.0134. The van der Waals surface area contributed by atoms with E-state index in [1.807, 2.05) is 13.2 Å². The molecule has 0 saturated heterocycles. The van der Waals surface area contributed by atoms with E-state index in [-0.39, 0.29) is 5.54 Å². The molecule has 0 aromatic carbocycles. The summed E-state index contributed by atoms with van der Waals surface area (Å²) >= 11 is 1.51. The molecule has 0 radical (unpaired) electrons. The fraction of sp³-hybridized carbons (Fsp3) is 0.727. The number of rotatable bonds is 6. The molecule has 0 amide bonds. The lowest BCUT2D eigenvalue weighted by molar-refractivity contribution is 0.540. The molecule has 0 atom stereocenters. The lowest BCUT2D eigenvalue weighted by Crippen LogP contribution is -2.31. The lowest BCUT2D eigenvalue weighted by Gasteiger charge is -2.24. The molecule has 1 aromatic heterocycles. The van der Waals surface area contributed by atoms with Crippen LogP contribution >= 0.6 is 11.8 Å². The Hall–Kier alpha value is -1.04. The number of anilines is 2. The van der Waals surface area contributed by atoms with Crippen molar-refractivity contribution in [1.82, 2.24) is 15.0 Å². The number of thioether (sulfide) groups is 1. The van der Waals surface area contributed by atoms with Crippen molar-refractivity contribution in [2.45, 2.75) is 44.8 Å². The molecule has 0 fully saturated rings. The zero-order valence-corrected chi connectivity index (χ0v) is 12.0. The highest BCUT2D eigenvalue weighted by molar-refractivity contribution is 7.98. The molecular formula is C11H21N5S. The molecule has 1 aromatic rings. The van der Waals surface area contributed by atoms with Gasteiger partial charge in [0, 0.05) is 12.1 Å². The predicted octanol–water partition coefficient (Wildman–Crippen LogP) is 2.63. The van der Waals surface area contributed by atoms with Gasteiger partial charge in [0.15, 0.2) is 5.16 Å². The molecule has 0 aliphatic carbocycles. The Morgan fingerprint density at radius 2 is 1.76 bits per heavy atom. The molecule has 0 unspecified atom stereocenters. The summed E-state index contributed by atoms with van der Waals surface area (Å²) in [5.74, 6) is 1.26. The smallest absolute Gasteiger partial charge is 0.228 e. The fourth-order valence-corrected chi connectivity index (χ4v) is 1.49. The van der Waals surface area contributed by atoms with E-state index in [1.54, 1.807) is 0 Å². The van der Waals surface area contributed by atoms with Crippen LogP contribution in [0, 0.1) is 0 Å². The van der Waals surface area contributed by atoms with Gasteiger partial charge < -0.3 is 10.6 Å². The van der Waals surface area contributed by atoms with Gasteiger partial charge in [0.1, 0.15) is 0 Å². The van der Waals surface area contributed by atoms with E-state index in [0.29, 0.717) is 11.9 Å². The van der Waals surface area contributed by atoms with Gasteiger partial charge in [0.05, 0.1) is 0 Å². The maximum Gasteiger partial charge on any atom is 0.228 e. The van der Waals surface area contributed by atoms with Gasteiger partial charge >= 0.3 is 0 Å². The maximum absolute atomic E-state index is 4.36. The van der Waals surface area contributed by atoms with Crippen molar-refractivity contribution in [3.8, 4) is 0 Å². The van der Waals surface area contributed by atoms with Gasteiger partial charge in [-0.2, -0.15) is 15.0 Å². The van der Waals surface area contributed by atoms with Gasteiger partial charge in [-0.25, -0.2) is 0 Å². The summed E-state index contributed by atoms with van der Waals surface area (Å²) in [6, 6.07) is 0. The zero-order chi connectivity index (χ0) is 12.9. The van der Waals surface area contributed by atoms with E-state index in [1.165, 1.54) is 11.8 Å². The summed E-state index contributed by atoms with van der Waals surface area (Å²) in [5.41, 5.74) is -0.0134. The van der Waals surface area contributed by atoms with E-state index >= 15 is 0 Å². The first-order valence-corrected chi connectivity index (χ1v) is 7.05. The second-order valence-corrected chi connectivity index (χ2v) is 5.14. The van der Waals surface area contributed by atoms with E-state index in [4.69, 9.17) is 0 Å². The summed E-state index contributed by atoms with van der Waals surface area (Å²) in [6.07, 6.45) is 2.96. The van der Waals surface area contributed by atoms with E-state index in [0.717, 1.165) is 18.1 Å². The van der Waals surface area contributed by atoms with Crippen LogP contribution < -0.4 is 10.6 Å². The summed E-state index contributed by atoms with van der Waals surface area (Å²) in [6.45, 7) is 9.21. The van der Waals surface area contributed by atoms with Crippen molar-refractivity contribution in [3.05, 3.63) is 0 Å². The van der Waals surface area contributed by atoms with Gasteiger partial charge in [-0.15, -0.1) is 0 Å². The highest BCUT2D eigenvalue weighted by Crippen LogP contribution is 2.18. The third-order valence-corrected chi connectivity index (χ3v) is 3.01. The van der Waals surface area contributed by atoms with Crippen LogP contribution in [0.15, 0.2) is 5.16 Å². The monoisotopic (exact) mass is 255 g/mol. The Kier molecular flexibility index (Phi) is 4.99. The quantitative estimate of drug-likeness (QED) is 0.762. The van der Waals surface area contributed by atoms with Crippen molar-refractivity contribution in [3.63, 3.8) is 0 Å². The Morgan fingerprint density at radius 1 is 1.12 bits per heavy atom. The van der Waals surface area contributed by atoms with Crippen LogP contribution in [-0.4, -0.2) is 33.3 Å². The van der Waals surface area contributed by atoms with Crippen LogP contribution in [-0.2, 0) is 0 Å². The third kappa shape index (κ3) is 4.38. The molecule has 0 saturated carbocycles. The molecule has 2 N–H and O–H groups in total. The number of hydrogen-bond donors (Lipinski definition) is 2. The van der Waals surface area contributed by atoms with Crippen molar-refractivity contribution in [1.29, 1.82) is 0 Å². The van der Waals surface area contributed by atoms with Crippen LogP contribution in [0.4, 0.5) is 11.9 Å². The third-order valence-electron chi connectivity index (χ3n) is 2.47. The molecule has 0 aliphatic rings. The fourth-order valence-electron chi connectivity index (χ4n) is 1.13. The van der Waals surface area contributed by atoms with E-state index in [9.17, 15) is 0 Å². The SMILES string of the molecule is CCNc1nc(NC(C)(C)CC)nc(SC)n1. The molecule has 1 heterocycles. The van der Waals surface area contributed by atoms with Gasteiger partial charge in [-0.1, -0.05) is 18.7 Å². The number of aromatic nitrogens is 3. The second kappa shape index (κ2) is 6.05. The zero-order valence-electron chi connectivity index (χ0n) is 11.2. The van der Waals surface area contributed by atoms with E-state index < -0.39 is 0 Å². The van der Waals surface area contributed by atoms with Gasteiger partial charge in [0.25, 0.3) is 0 Å². The molecule has 0 aliphatic heterocycles. The molecule has 0 bridgehead atoms. The standard InChI is InChI=1S/C11H21N5S/c1-6-11(3,4)16-9-13-8(12-7-2)14-10(15-9)17-5/h6-7H2,1-5H3,(H2,12,13,14,15,16). The average molecular weight is 255 g/mol. The topological polar surface area (TPSA) is 62.7 Å². The lowest BCUT2D eigenvalue weighted by atomic mass is 10.0. The first-order chi connectivity index (χ1) is 8.00. The summed E-state index contributed by atoms with van der Waals surface area (Å²) in [7, 11) is 0. The molecular weight excluding hydrogens is 234 g/mol. The second-order valence-electron chi connectivity index (χ2n) is 4.36. The highest BCUT2D eigenvalue weighted by atomic mass is 32.2. The molecule has 17 heavy (non-hydrogen) atoms. The van der Waals surface area contributed by atoms with Gasteiger partial charge in [-0.3, -0.25) is 0 Å². The Labute approximate surface area is 107 Å². The number of nitrogens with one attached hydrogen (secondary N) is 2. The minimum atomic E-state index is -0.0134. The van der Waals surface area contributed by atoms with E-state index in [2.05, 4.69) is 46.4 Å². The number of hydrogen-bond acceptors (Lipinski definition) is 6. The van der Waals surface area contributed by atoms with Crippen molar-refractivity contribution >= 4 is 23.7 Å². The number of nitrogens with zero attached hydrogens (tertiary/aromatic N) is 3. The van der Waals surface area contributed by atoms with Crippen LogP contribution in [0.25, 0.3) is 0 Å². The Balaban J connectivity index is 2.94. The molecule has 0 spiro atoms. The summed E-state index contributed by atoms with van der Waals surface area (Å²) < 4.78 is 0. The van der Waals surface area contributed by atoms with Crippen LogP contribution in [0.1, 0.15) is 34.1 Å².